The average molecular weight is 363 g/mol. The van der Waals surface area contributed by atoms with E-state index in [9.17, 15) is 17.6 Å². The third-order valence-electron chi connectivity index (χ3n) is 3.57. The van der Waals surface area contributed by atoms with Crippen LogP contribution in [-0.2, 0) is 9.84 Å². The van der Waals surface area contributed by atoms with E-state index in [0.717, 1.165) is 12.1 Å². The van der Waals surface area contributed by atoms with E-state index in [1.54, 1.807) is 12.1 Å². The fraction of sp³-hybridized carbons (Fsp3) is 0.118. The van der Waals surface area contributed by atoms with E-state index >= 15 is 0 Å². The summed E-state index contributed by atoms with van der Waals surface area (Å²) in [5, 5.41) is 1.35. The minimum absolute atomic E-state index is 0.0670. The van der Waals surface area contributed by atoms with E-state index in [-0.39, 0.29) is 23.0 Å². The number of amides is 1. The molecular formula is C17H14FNO5S. The van der Waals surface area contributed by atoms with E-state index < -0.39 is 26.8 Å². The fourth-order valence-electron chi connectivity index (χ4n) is 2.31. The van der Waals surface area contributed by atoms with Gasteiger partial charge in [-0.3, -0.25) is 4.79 Å². The van der Waals surface area contributed by atoms with Crippen LogP contribution in [0.25, 0.3) is 0 Å². The van der Waals surface area contributed by atoms with Crippen LogP contribution >= 0.6 is 0 Å². The van der Waals surface area contributed by atoms with Gasteiger partial charge >= 0.3 is 0 Å². The summed E-state index contributed by atoms with van der Waals surface area (Å²) in [6.07, 6.45) is 2.69. The normalized spacial score (nSPS) is 12.7. The van der Waals surface area contributed by atoms with Gasteiger partial charge in [-0.1, -0.05) is 0 Å². The van der Waals surface area contributed by atoms with E-state index in [2.05, 4.69) is 5.32 Å². The number of carbonyl (C=O) groups is 1. The maximum absolute atomic E-state index is 13.1. The van der Waals surface area contributed by atoms with Gasteiger partial charge in [0, 0.05) is 6.54 Å². The van der Waals surface area contributed by atoms with Crippen molar-refractivity contribution in [2.24, 2.45) is 0 Å². The summed E-state index contributed by atoms with van der Waals surface area (Å²) >= 11 is 0. The Hall–Kier alpha value is -2.87. The first-order valence-electron chi connectivity index (χ1n) is 7.33. The molecule has 3 aromatic rings. The molecule has 0 spiro atoms. The third-order valence-corrected chi connectivity index (χ3v) is 5.65. The van der Waals surface area contributed by atoms with Gasteiger partial charge < -0.3 is 14.2 Å². The molecule has 2 heterocycles. The van der Waals surface area contributed by atoms with Crippen molar-refractivity contribution in [3.8, 4) is 0 Å². The van der Waals surface area contributed by atoms with Crippen LogP contribution in [0.3, 0.4) is 0 Å². The maximum atomic E-state index is 13.1. The van der Waals surface area contributed by atoms with Crippen molar-refractivity contribution in [3.05, 3.63) is 78.4 Å². The molecule has 1 N–H and O–H groups in total. The second kappa shape index (κ2) is 6.94. The minimum Gasteiger partial charge on any atom is -0.468 e. The minimum atomic E-state index is -3.91. The summed E-state index contributed by atoms with van der Waals surface area (Å²) < 4.78 is 49.0. The summed E-state index contributed by atoms with van der Waals surface area (Å²) in [5.41, 5.74) is 0. The van der Waals surface area contributed by atoms with Crippen LogP contribution in [-0.4, -0.2) is 20.9 Å². The van der Waals surface area contributed by atoms with Crippen LogP contribution in [0.4, 0.5) is 4.39 Å². The number of hydrogen-bond donors (Lipinski definition) is 1. The Morgan fingerprint density at radius 1 is 1.04 bits per heavy atom. The van der Waals surface area contributed by atoms with Crippen molar-refractivity contribution in [1.82, 2.24) is 5.32 Å². The van der Waals surface area contributed by atoms with Crippen LogP contribution in [0.2, 0.25) is 0 Å². The molecule has 1 unspecified atom stereocenters. The monoisotopic (exact) mass is 363 g/mol. The van der Waals surface area contributed by atoms with Gasteiger partial charge in [0.1, 0.15) is 16.8 Å². The van der Waals surface area contributed by atoms with Gasteiger partial charge in [0.25, 0.3) is 5.91 Å². The highest BCUT2D eigenvalue weighted by molar-refractivity contribution is 7.91. The van der Waals surface area contributed by atoms with E-state index in [1.165, 1.54) is 36.8 Å². The standard InChI is InChI=1S/C17H14FNO5S/c18-12-5-7-13(8-6-12)25(21,22)16(14-3-1-9-23-14)11-19-17(20)15-4-2-10-24-15/h1-10,16H,11H2,(H,19,20). The Labute approximate surface area is 143 Å². The number of sulfone groups is 1. The Bertz CT molecular complexity index is 932. The van der Waals surface area contributed by atoms with E-state index in [4.69, 9.17) is 8.83 Å². The summed E-state index contributed by atoms with van der Waals surface area (Å²) in [7, 11) is -3.91. The first-order chi connectivity index (χ1) is 12.0. The number of hydrogen-bond acceptors (Lipinski definition) is 5. The molecular weight excluding hydrogens is 349 g/mol. The number of furan rings is 2. The highest BCUT2D eigenvalue weighted by Gasteiger charge is 2.32. The van der Waals surface area contributed by atoms with Crippen molar-refractivity contribution in [2.45, 2.75) is 10.1 Å². The molecule has 0 saturated carbocycles. The lowest BCUT2D eigenvalue weighted by Crippen LogP contribution is -2.31. The van der Waals surface area contributed by atoms with Crippen molar-refractivity contribution < 1.29 is 26.4 Å². The van der Waals surface area contributed by atoms with Crippen LogP contribution in [0, 0.1) is 5.82 Å². The third kappa shape index (κ3) is 3.63. The summed E-state index contributed by atoms with van der Waals surface area (Å²) in [6.45, 7) is -0.229. The second-order valence-corrected chi connectivity index (χ2v) is 7.32. The molecule has 25 heavy (non-hydrogen) atoms. The first-order valence-corrected chi connectivity index (χ1v) is 8.87. The van der Waals surface area contributed by atoms with Gasteiger partial charge in [-0.2, -0.15) is 0 Å². The molecule has 2 aromatic heterocycles. The largest absolute Gasteiger partial charge is 0.468 e. The van der Waals surface area contributed by atoms with Crippen molar-refractivity contribution >= 4 is 15.7 Å². The molecule has 0 aliphatic rings. The Balaban J connectivity index is 1.87. The highest BCUT2D eigenvalue weighted by Crippen LogP contribution is 2.29. The van der Waals surface area contributed by atoms with Gasteiger partial charge in [-0.25, -0.2) is 12.8 Å². The molecule has 0 bridgehead atoms. The molecule has 0 aliphatic carbocycles. The number of benzene rings is 1. The molecule has 8 heteroatoms. The second-order valence-electron chi connectivity index (χ2n) is 5.19. The number of nitrogens with one attached hydrogen (secondary N) is 1. The van der Waals surface area contributed by atoms with Crippen LogP contribution in [0.15, 0.2) is 74.8 Å². The lowest BCUT2D eigenvalue weighted by molar-refractivity contribution is 0.0925. The first kappa shape index (κ1) is 17.0. The molecule has 0 radical (unpaired) electrons. The van der Waals surface area contributed by atoms with E-state index in [1.807, 2.05) is 0 Å². The van der Waals surface area contributed by atoms with Gasteiger partial charge in [0.2, 0.25) is 0 Å². The van der Waals surface area contributed by atoms with Crippen LogP contribution < -0.4 is 5.32 Å². The molecule has 0 aliphatic heterocycles. The number of halogens is 1. The molecule has 1 aromatic carbocycles. The number of carbonyl (C=O) groups excluding carboxylic acids is 1. The lowest BCUT2D eigenvalue weighted by atomic mass is 10.3. The molecule has 3 rings (SSSR count). The maximum Gasteiger partial charge on any atom is 0.287 e. The van der Waals surface area contributed by atoms with Crippen LogP contribution in [0.1, 0.15) is 21.6 Å². The topological polar surface area (TPSA) is 89.5 Å². The summed E-state index contributed by atoms with van der Waals surface area (Å²) in [5.74, 6) is -0.850. The molecule has 6 nitrogen and oxygen atoms in total. The number of rotatable bonds is 6. The van der Waals surface area contributed by atoms with Gasteiger partial charge in [0.15, 0.2) is 15.6 Å². The Morgan fingerprint density at radius 2 is 1.72 bits per heavy atom. The van der Waals surface area contributed by atoms with Crippen molar-refractivity contribution in [1.29, 1.82) is 0 Å². The SMILES string of the molecule is O=C(NCC(c1ccco1)S(=O)(=O)c1ccc(F)cc1)c1ccco1. The Morgan fingerprint density at radius 3 is 2.32 bits per heavy atom. The molecule has 1 amide bonds. The van der Waals surface area contributed by atoms with Gasteiger partial charge in [-0.15, -0.1) is 0 Å². The zero-order valence-electron chi connectivity index (χ0n) is 12.9. The molecule has 0 fully saturated rings. The predicted octanol–water partition coefficient (Wildman–Crippen LogP) is 2.96. The Kier molecular flexibility index (Phi) is 4.71. The lowest BCUT2D eigenvalue weighted by Gasteiger charge is -2.16. The molecule has 0 saturated heterocycles. The molecule has 1 atom stereocenters. The average Bonchev–Trinajstić information content (AvgIpc) is 3.29. The molecule has 130 valence electrons. The highest BCUT2D eigenvalue weighted by atomic mass is 32.2. The van der Waals surface area contributed by atoms with E-state index in [0.29, 0.717) is 0 Å². The zero-order chi connectivity index (χ0) is 17.9. The van der Waals surface area contributed by atoms with Gasteiger partial charge in [-0.05, 0) is 48.5 Å². The van der Waals surface area contributed by atoms with Gasteiger partial charge in [0.05, 0.1) is 17.4 Å². The summed E-state index contributed by atoms with van der Waals surface area (Å²) in [6, 6.07) is 10.5. The quantitative estimate of drug-likeness (QED) is 0.680. The van der Waals surface area contributed by atoms with Crippen LogP contribution in [0.5, 0.6) is 0 Å². The van der Waals surface area contributed by atoms with Crippen molar-refractivity contribution in [2.75, 3.05) is 6.54 Å². The summed E-state index contributed by atoms with van der Waals surface area (Å²) in [4.78, 5) is 11.9. The smallest absolute Gasteiger partial charge is 0.287 e. The van der Waals surface area contributed by atoms with Crippen molar-refractivity contribution in [3.63, 3.8) is 0 Å². The predicted molar refractivity (Wildman–Crippen MR) is 86.1 cm³/mol. The fourth-order valence-corrected chi connectivity index (χ4v) is 3.89. The zero-order valence-corrected chi connectivity index (χ0v) is 13.7.